The molecule has 0 saturated heterocycles. The van der Waals surface area contributed by atoms with Crippen LogP contribution in [0.3, 0.4) is 0 Å². The number of aryl methyl sites for hydroxylation is 1. The smallest absolute Gasteiger partial charge is 0.387 e. The van der Waals surface area contributed by atoms with Gasteiger partial charge in [-0.2, -0.15) is 8.78 Å². The Morgan fingerprint density at radius 3 is 2.43 bits per heavy atom. The van der Waals surface area contributed by atoms with Crippen LogP contribution in [0.2, 0.25) is 0 Å². The van der Waals surface area contributed by atoms with Crippen molar-refractivity contribution < 1.29 is 18.3 Å². The minimum absolute atomic E-state index is 0.0812. The van der Waals surface area contributed by atoms with Crippen LogP contribution in [0.15, 0.2) is 54.6 Å². The molecule has 2 aromatic rings. The molecule has 0 aliphatic rings. The second-order valence-electron chi connectivity index (χ2n) is 5.27. The zero-order valence-electron chi connectivity index (χ0n) is 12.8. The number of benzene rings is 2. The van der Waals surface area contributed by atoms with Gasteiger partial charge in [0.25, 0.3) is 5.91 Å². The maximum atomic E-state index is 12.4. The number of nitrogens with one attached hydrogen (secondary N) is 1. The largest absolute Gasteiger partial charge is 0.434 e. The summed E-state index contributed by atoms with van der Waals surface area (Å²) >= 11 is 0. The van der Waals surface area contributed by atoms with Crippen LogP contribution in [0, 0.1) is 0 Å². The Hall–Kier alpha value is -2.43. The van der Waals surface area contributed by atoms with Crippen molar-refractivity contribution in [2.45, 2.75) is 32.4 Å². The highest BCUT2D eigenvalue weighted by molar-refractivity contribution is 5.97. The summed E-state index contributed by atoms with van der Waals surface area (Å²) in [6.07, 6.45) is 1.59. The van der Waals surface area contributed by atoms with Crippen LogP contribution in [0.4, 0.5) is 8.78 Å². The molecule has 0 bridgehead atoms. The van der Waals surface area contributed by atoms with Crippen LogP contribution in [0.5, 0.6) is 5.75 Å². The normalized spacial score (nSPS) is 12.0. The van der Waals surface area contributed by atoms with E-state index >= 15 is 0 Å². The number of amides is 1. The van der Waals surface area contributed by atoms with Crippen LogP contribution in [-0.4, -0.2) is 18.6 Å². The molecule has 0 aromatic heterocycles. The average Bonchev–Trinajstić information content (AvgIpc) is 2.54. The van der Waals surface area contributed by atoms with Crippen molar-refractivity contribution in [3.63, 3.8) is 0 Å². The topological polar surface area (TPSA) is 38.3 Å². The molecule has 1 unspecified atom stereocenters. The summed E-state index contributed by atoms with van der Waals surface area (Å²) in [5.41, 5.74) is 1.30. The maximum absolute atomic E-state index is 12.4. The van der Waals surface area contributed by atoms with E-state index < -0.39 is 12.5 Å². The highest BCUT2D eigenvalue weighted by Gasteiger charge is 2.16. The molecule has 0 saturated carbocycles. The summed E-state index contributed by atoms with van der Waals surface area (Å²) in [5, 5.41) is 2.82. The number of hydrogen-bond donors (Lipinski definition) is 1. The number of rotatable bonds is 7. The van der Waals surface area contributed by atoms with Gasteiger partial charge in [-0.3, -0.25) is 4.79 Å². The first-order valence-electron chi connectivity index (χ1n) is 7.45. The lowest BCUT2D eigenvalue weighted by Crippen LogP contribution is -2.33. The lowest BCUT2D eigenvalue weighted by molar-refractivity contribution is -0.0501. The van der Waals surface area contributed by atoms with Crippen molar-refractivity contribution in [2.75, 3.05) is 0 Å². The second-order valence-corrected chi connectivity index (χ2v) is 5.27. The third kappa shape index (κ3) is 5.36. The predicted molar refractivity (Wildman–Crippen MR) is 84.8 cm³/mol. The van der Waals surface area contributed by atoms with Crippen molar-refractivity contribution in [3.8, 4) is 5.75 Å². The second kappa shape index (κ2) is 8.27. The Morgan fingerprint density at radius 1 is 1.09 bits per heavy atom. The highest BCUT2D eigenvalue weighted by Crippen LogP contribution is 2.20. The van der Waals surface area contributed by atoms with Gasteiger partial charge in [-0.25, -0.2) is 0 Å². The van der Waals surface area contributed by atoms with Crippen molar-refractivity contribution in [1.29, 1.82) is 0 Å². The molecular weight excluding hydrogens is 300 g/mol. The molecule has 0 fully saturated rings. The monoisotopic (exact) mass is 319 g/mol. The molecular formula is C18H19F2NO2. The quantitative estimate of drug-likeness (QED) is 0.836. The molecule has 0 radical (unpaired) electrons. The third-order valence-corrected chi connectivity index (χ3v) is 3.43. The Kier molecular flexibility index (Phi) is 6.09. The summed E-state index contributed by atoms with van der Waals surface area (Å²) in [4.78, 5) is 12.2. The Labute approximate surface area is 134 Å². The number of hydrogen-bond acceptors (Lipinski definition) is 2. The van der Waals surface area contributed by atoms with Gasteiger partial charge < -0.3 is 10.1 Å². The van der Waals surface area contributed by atoms with E-state index in [2.05, 4.69) is 10.1 Å². The fourth-order valence-electron chi connectivity index (χ4n) is 2.25. The number of carbonyl (C=O) groups excluding carboxylic acids is 1. The van der Waals surface area contributed by atoms with E-state index in [-0.39, 0.29) is 17.4 Å². The molecule has 1 N–H and O–H groups in total. The Bertz CT molecular complexity index is 632. The first kappa shape index (κ1) is 16.9. The van der Waals surface area contributed by atoms with Gasteiger partial charge in [0, 0.05) is 6.04 Å². The average molecular weight is 319 g/mol. The minimum Gasteiger partial charge on any atom is -0.434 e. The van der Waals surface area contributed by atoms with E-state index in [0.717, 1.165) is 12.8 Å². The summed E-state index contributed by atoms with van der Waals surface area (Å²) in [6.45, 7) is -1.07. The Balaban J connectivity index is 1.93. The summed E-state index contributed by atoms with van der Waals surface area (Å²) in [7, 11) is 0. The maximum Gasteiger partial charge on any atom is 0.387 e. The van der Waals surface area contributed by atoms with Gasteiger partial charge in [0.05, 0.1) is 5.56 Å². The minimum atomic E-state index is -2.96. The van der Waals surface area contributed by atoms with E-state index in [0.29, 0.717) is 0 Å². The zero-order valence-corrected chi connectivity index (χ0v) is 12.8. The van der Waals surface area contributed by atoms with E-state index in [1.165, 1.54) is 17.7 Å². The van der Waals surface area contributed by atoms with E-state index in [4.69, 9.17) is 0 Å². The molecule has 0 aliphatic heterocycles. The molecule has 0 heterocycles. The molecule has 23 heavy (non-hydrogen) atoms. The number of halogens is 2. The van der Waals surface area contributed by atoms with Gasteiger partial charge in [-0.05, 0) is 37.5 Å². The van der Waals surface area contributed by atoms with E-state index in [1.54, 1.807) is 12.1 Å². The van der Waals surface area contributed by atoms with Crippen LogP contribution < -0.4 is 10.1 Å². The van der Waals surface area contributed by atoms with Gasteiger partial charge >= 0.3 is 6.61 Å². The number of carbonyl (C=O) groups is 1. The van der Waals surface area contributed by atoms with Crippen molar-refractivity contribution in [2.24, 2.45) is 0 Å². The lowest BCUT2D eigenvalue weighted by Gasteiger charge is -2.16. The van der Waals surface area contributed by atoms with Gasteiger partial charge in [-0.15, -0.1) is 0 Å². The van der Waals surface area contributed by atoms with Crippen molar-refractivity contribution in [3.05, 3.63) is 65.7 Å². The molecule has 1 amide bonds. The summed E-state index contributed by atoms with van der Waals surface area (Å²) in [6, 6.07) is 15.9. The molecule has 122 valence electrons. The summed E-state index contributed by atoms with van der Waals surface area (Å²) in [5.74, 6) is -0.530. The molecule has 0 spiro atoms. The third-order valence-electron chi connectivity index (χ3n) is 3.43. The molecule has 0 aliphatic carbocycles. The van der Waals surface area contributed by atoms with E-state index in [9.17, 15) is 13.6 Å². The molecule has 2 aromatic carbocycles. The van der Waals surface area contributed by atoms with Gasteiger partial charge in [0.2, 0.25) is 0 Å². The fraction of sp³-hybridized carbons (Fsp3) is 0.278. The van der Waals surface area contributed by atoms with Crippen LogP contribution >= 0.6 is 0 Å². The van der Waals surface area contributed by atoms with Crippen molar-refractivity contribution >= 4 is 5.91 Å². The van der Waals surface area contributed by atoms with Crippen LogP contribution in [-0.2, 0) is 6.42 Å². The van der Waals surface area contributed by atoms with Crippen molar-refractivity contribution in [1.82, 2.24) is 5.32 Å². The molecule has 5 heteroatoms. The highest BCUT2D eigenvalue weighted by atomic mass is 19.3. The van der Waals surface area contributed by atoms with E-state index in [1.807, 2.05) is 37.3 Å². The van der Waals surface area contributed by atoms with Crippen LogP contribution in [0.1, 0.15) is 29.3 Å². The van der Waals surface area contributed by atoms with Crippen LogP contribution in [0.25, 0.3) is 0 Å². The molecule has 3 nitrogen and oxygen atoms in total. The molecule has 2 rings (SSSR count). The predicted octanol–water partition coefficient (Wildman–Crippen LogP) is 4.04. The SMILES string of the molecule is CC(CCc1ccccc1)NC(=O)c1ccccc1OC(F)F. The standard InChI is InChI=1S/C18H19F2NO2/c1-13(11-12-14-7-3-2-4-8-14)21-17(22)15-9-5-6-10-16(15)23-18(19)20/h2-10,13,18H,11-12H2,1H3,(H,21,22). The number of alkyl halides is 2. The summed E-state index contributed by atoms with van der Waals surface area (Å²) < 4.78 is 29.1. The molecule has 1 atom stereocenters. The van der Waals surface area contributed by atoms with Gasteiger partial charge in [0.1, 0.15) is 5.75 Å². The Morgan fingerprint density at radius 2 is 1.74 bits per heavy atom. The number of para-hydroxylation sites is 1. The van der Waals surface area contributed by atoms with Gasteiger partial charge in [0.15, 0.2) is 0 Å². The zero-order chi connectivity index (χ0) is 16.7. The first-order valence-corrected chi connectivity index (χ1v) is 7.45. The first-order chi connectivity index (χ1) is 11.1. The fourth-order valence-corrected chi connectivity index (χ4v) is 2.25. The number of ether oxygens (including phenoxy) is 1. The van der Waals surface area contributed by atoms with Gasteiger partial charge in [-0.1, -0.05) is 42.5 Å². The lowest BCUT2D eigenvalue weighted by atomic mass is 10.1.